The second-order valence-corrected chi connectivity index (χ2v) is 9.28. The summed E-state index contributed by atoms with van der Waals surface area (Å²) in [5.41, 5.74) is -1.73. The maximum atomic E-state index is 12.4. The van der Waals surface area contributed by atoms with Crippen LogP contribution in [0.15, 0.2) is 0 Å². The Hall–Kier alpha value is -0.450. The molecule has 0 saturated heterocycles. The van der Waals surface area contributed by atoms with E-state index in [1.807, 2.05) is 0 Å². The average Bonchev–Trinajstić information content (AvgIpc) is 2.79. The van der Waals surface area contributed by atoms with Crippen molar-refractivity contribution in [2.24, 2.45) is 28.6 Å². The second-order valence-electron chi connectivity index (χ2n) is 9.28. The van der Waals surface area contributed by atoms with E-state index in [0.29, 0.717) is 42.8 Å². The van der Waals surface area contributed by atoms with Gasteiger partial charge in [0.15, 0.2) is 0 Å². The van der Waals surface area contributed by atoms with Crippen LogP contribution in [0.25, 0.3) is 0 Å². The molecule has 4 rings (SSSR count). The molecule has 0 bridgehead atoms. The fourth-order valence-electron chi connectivity index (χ4n) is 7.03. The Bertz CT molecular complexity index is 533. The van der Waals surface area contributed by atoms with Crippen LogP contribution in [-0.4, -0.2) is 38.9 Å². The second kappa shape index (κ2) is 4.80. The summed E-state index contributed by atoms with van der Waals surface area (Å²) in [5.74, 6) is 1.44. The third-order valence-electron chi connectivity index (χ3n) is 8.54. The van der Waals surface area contributed by atoms with Crippen molar-refractivity contribution in [2.45, 2.75) is 83.0 Å². The number of aliphatic hydroxyl groups is 3. The molecule has 0 spiro atoms. The van der Waals surface area contributed by atoms with Gasteiger partial charge in [-0.25, -0.2) is 0 Å². The number of Topliss-reactive ketones (excluding diaryl/α,β-unsaturated/α-hetero) is 1. The number of fused-ring (bicyclic) bond motifs is 5. The first-order chi connectivity index (χ1) is 10.7. The molecule has 0 radical (unpaired) electrons. The molecule has 0 aromatic rings. The van der Waals surface area contributed by atoms with Crippen LogP contribution in [0, 0.1) is 28.6 Å². The van der Waals surface area contributed by atoms with E-state index in [1.54, 1.807) is 0 Å². The first kappa shape index (κ1) is 16.0. The van der Waals surface area contributed by atoms with Crippen molar-refractivity contribution in [3.63, 3.8) is 0 Å². The highest BCUT2D eigenvalue weighted by Gasteiger charge is 2.67. The third-order valence-corrected chi connectivity index (χ3v) is 8.54. The lowest BCUT2D eigenvalue weighted by Crippen LogP contribution is -2.68. The highest BCUT2D eigenvalue weighted by molar-refractivity contribution is 5.87. The maximum absolute atomic E-state index is 12.4. The van der Waals surface area contributed by atoms with Crippen LogP contribution in [0.4, 0.5) is 0 Å². The molecule has 0 aromatic heterocycles. The Balaban J connectivity index is 1.72. The van der Waals surface area contributed by atoms with Gasteiger partial charge in [-0.1, -0.05) is 13.8 Å². The number of ketones is 1. The molecule has 4 nitrogen and oxygen atoms in total. The largest absolute Gasteiger partial charge is 0.393 e. The van der Waals surface area contributed by atoms with Crippen molar-refractivity contribution >= 4 is 5.78 Å². The van der Waals surface area contributed by atoms with Gasteiger partial charge in [-0.05, 0) is 56.3 Å². The third kappa shape index (κ3) is 1.86. The first-order valence-corrected chi connectivity index (χ1v) is 9.34. The quantitative estimate of drug-likeness (QED) is 0.638. The summed E-state index contributed by atoms with van der Waals surface area (Å²) in [7, 11) is 0. The minimum absolute atomic E-state index is 0.207. The van der Waals surface area contributed by atoms with E-state index in [9.17, 15) is 20.1 Å². The van der Waals surface area contributed by atoms with Gasteiger partial charge in [0.2, 0.25) is 0 Å². The van der Waals surface area contributed by atoms with E-state index < -0.39 is 17.8 Å². The molecule has 3 N–H and O–H groups in total. The molecule has 0 heterocycles. The molecular formula is C19H30O4. The minimum atomic E-state index is -1.18. The summed E-state index contributed by atoms with van der Waals surface area (Å²) >= 11 is 0. The lowest BCUT2D eigenvalue weighted by molar-refractivity contribution is -0.262. The van der Waals surface area contributed by atoms with Crippen molar-refractivity contribution < 1.29 is 20.1 Å². The molecule has 4 aliphatic rings. The Morgan fingerprint density at radius 1 is 1.04 bits per heavy atom. The molecule has 4 aliphatic carbocycles. The van der Waals surface area contributed by atoms with Crippen LogP contribution < -0.4 is 0 Å². The highest BCUT2D eigenvalue weighted by Crippen LogP contribution is 2.66. The van der Waals surface area contributed by atoms with Crippen LogP contribution in [0.5, 0.6) is 0 Å². The molecular weight excluding hydrogens is 292 g/mol. The van der Waals surface area contributed by atoms with E-state index >= 15 is 0 Å². The number of carbonyl (C=O) groups excluding carboxylic acids is 1. The van der Waals surface area contributed by atoms with Crippen molar-refractivity contribution in [3.8, 4) is 0 Å². The summed E-state index contributed by atoms with van der Waals surface area (Å²) in [4.78, 5) is 12.4. The zero-order valence-corrected chi connectivity index (χ0v) is 14.3. The molecule has 0 unspecified atom stereocenters. The highest BCUT2D eigenvalue weighted by atomic mass is 16.3. The lowest BCUT2D eigenvalue weighted by atomic mass is 9.43. The van der Waals surface area contributed by atoms with Gasteiger partial charge in [-0.2, -0.15) is 0 Å². The van der Waals surface area contributed by atoms with E-state index in [4.69, 9.17) is 0 Å². The molecule has 8 atom stereocenters. The Morgan fingerprint density at radius 3 is 2.52 bits per heavy atom. The maximum Gasteiger partial charge on any atom is 0.139 e. The number of hydrogen-bond donors (Lipinski definition) is 3. The fraction of sp³-hybridized carbons (Fsp3) is 0.947. The smallest absolute Gasteiger partial charge is 0.139 e. The van der Waals surface area contributed by atoms with Gasteiger partial charge in [0.05, 0.1) is 17.8 Å². The normalized spacial score (nSPS) is 59.2. The summed E-state index contributed by atoms with van der Waals surface area (Å²) < 4.78 is 0. The standard InChI is InChI=1S/C19H30O4/c1-17-7-6-14-12(13(17)3-4-15(17)21)9-16(22)19(23)10-11(20)5-8-18(14,19)2/h11-14,16,20,22-23H,3-10H2,1-2H3/t11-,12-,13-,14-,16+,17-,18+,19-/m0/s1. The molecule has 4 fully saturated rings. The first-order valence-electron chi connectivity index (χ1n) is 9.34. The Kier molecular flexibility index (Phi) is 3.35. The van der Waals surface area contributed by atoms with Gasteiger partial charge in [0.1, 0.15) is 5.78 Å². The molecule has 130 valence electrons. The van der Waals surface area contributed by atoms with Crippen LogP contribution in [0.3, 0.4) is 0 Å². The van der Waals surface area contributed by atoms with E-state index in [2.05, 4.69) is 13.8 Å². The summed E-state index contributed by atoms with van der Waals surface area (Å²) in [6.07, 6.45) is 4.54. The minimum Gasteiger partial charge on any atom is -0.393 e. The van der Waals surface area contributed by atoms with Gasteiger partial charge in [0.25, 0.3) is 0 Å². The zero-order valence-electron chi connectivity index (χ0n) is 14.3. The van der Waals surface area contributed by atoms with Crippen molar-refractivity contribution in [2.75, 3.05) is 0 Å². The molecule has 4 heteroatoms. The average molecular weight is 322 g/mol. The zero-order chi connectivity index (χ0) is 16.6. The lowest BCUT2D eigenvalue weighted by Gasteiger charge is -2.64. The SMILES string of the molecule is C[C@]12CC[C@H]3[C@@H](C[C@@H](O)[C@@]4(O)C[C@@H](O)CC[C@]34C)[C@@H]1CCC2=O. The topological polar surface area (TPSA) is 77.8 Å². The summed E-state index contributed by atoms with van der Waals surface area (Å²) in [6, 6.07) is 0. The predicted molar refractivity (Wildman–Crippen MR) is 85.6 cm³/mol. The molecule has 0 amide bonds. The number of aliphatic hydroxyl groups excluding tert-OH is 2. The number of hydrogen-bond acceptors (Lipinski definition) is 4. The summed E-state index contributed by atoms with van der Waals surface area (Å²) in [5, 5.41) is 32.2. The van der Waals surface area contributed by atoms with Crippen LogP contribution in [-0.2, 0) is 4.79 Å². The predicted octanol–water partition coefficient (Wildman–Crippen LogP) is 2.04. The van der Waals surface area contributed by atoms with Crippen LogP contribution in [0.2, 0.25) is 0 Å². The number of carbonyl (C=O) groups is 1. The van der Waals surface area contributed by atoms with Crippen molar-refractivity contribution in [1.29, 1.82) is 0 Å². The van der Waals surface area contributed by atoms with Crippen molar-refractivity contribution in [3.05, 3.63) is 0 Å². The van der Waals surface area contributed by atoms with Crippen molar-refractivity contribution in [1.82, 2.24) is 0 Å². The van der Waals surface area contributed by atoms with Gasteiger partial charge in [0, 0.05) is 23.7 Å². The van der Waals surface area contributed by atoms with Crippen LogP contribution >= 0.6 is 0 Å². The molecule has 0 aromatic carbocycles. The van der Waals surface area contributed by atoms with Gasteiger partial charge in [-0.15, -0.1) is 0 Å². The Morgan fingerprint density at radius 2 is 1.78 bits per heavy atom. The monoisotopic (exact) mass is 322 g/mol. The van der Waals surface area contributed by atoms with Gasteiger partial charge < -0.3 is 15.3 Å². The van der Waals surface area contributed by atoms with E-state index in [-0.39, 0.29) is 17.3 Å². The van der Waals surface area contributed by atoms with Gasteiger partial charge >= 0.3 is 0 Å². The molecule has 23 heavy (non-hydrogen) atoms. The van der Waals surface area contributed by atoms with E-state index in [1.165, 1.54) is 0 Å². The molecule has 4 saturated carbocycles. The fourth-order valence-corrected chi connectivity index (χ4v) is 7.03. The summed E-state index contributed by atoms with van der Waals surface area (Å²) in [6.45, 7) is 4.25. The van der Waals surface area contributed by atoms with E-state index in [0.717, 1.165) is 25.7 Å². The van der Waals surface area contributed by atoms with Gasteiger partial charge in [-0.3, -0.25) is 4.79 Å². The molecule has 0 aliphatic heterocycles. The number of rotatable bonds is 0. The Labute approximate surface area is 138 Å². The van der Waals surface area contributed by atoms with Crippen LogP contribution in [0.1, 0.15) is 65.2 Å².